The van der Waals surface area contributed by atoms with Crippen LogP contribution < -0.4 is 5.32 Å². The molecule has 1 N–H and O–H groups in total. The molecule has 0 aliphatic heterocycles. The molecule has 0 saturated heterocycles. The van der Waals surface area contributed by atoms with Gasteiger partial charge in [0.2, 0.25) is 0 Å². The smallest absolute Gasteiger partial charge is 0.0236 e. The fourth-order valence-corrected chi connectivity index (χ4v) is 3.68. The van der Waals surface area contributed by atoms with Gasteiger partial charge in [-0.2, -0.15) is 11.8 Å². The van der Waals surface area contributed by atoms with Crippen LogP contribution in [-0.4, -0.2) is 42.6 Å². The van der Waals surface area contributed by atoms with Crippen LogP contribution in [0.5, 0.6) is 0 Å². The highest BCUT2D eigenvalue weighted by Crippen LogP contribution is 2.19. The molecule has 0 aromatic heterocycles. The zero-order valence-electron chi connectivity index (χ0n) is 13.8. The van der Waals surface area contributed by atoms with Crippen LogP contribution in [-0.2, 0) is 13.0 Å². The Kier molecular flexibility index (Phi) is 7.08. The summed E-state index contributed by atoms with van der Waals surface area (Å²) < 4.78 is 0. The highest BCUT2D eigenvalue weighted by atomic mass is 32.2. The first-order valence-electron chi connectivity index (χ1n) is 8.24. The molecule has 0 amide bonds. The maximum atomic E-state index is 3.62. The second-order valence-corrected chi connectivity index (χ2v) is 7.09. The van der Waals surface area contributed by atoms with Crippen molar-refractivity contribution in [2.45, 2.75) is 51.2 Å². The third-order valence-electron chi connectivity index (χ3n) is 4.40. The second kappa shape index (κ2) is 8.82. The van der Waals surface area contributed by atoms with Gasteiger partial charge in [0, 0.05) is 24.4 Å². The molecule has 118 valence electrons. The summed E-state index contributed by atoms with van der Waals surface area (Å²) in [7, 11) is 2.27. The number of nitrogens with zero attached hydrogens (tertiary/aromatic N) is 1. The van der Waals surface area contributed by atoms with E-state index in [1.165, 1.54) is 36.1 Å². The topological polar surface area (TPSA) is 15.3 Å². The molecule has 0 spiro atoms. The van der Waals surface area contributed by atoms with Gasteiger partial charge in [-0.25, -0.2) is 0 Å². The van der Waals surface area contributed by atoms with Gasteiger partial charge in [-0.15, -0.1) is 0 Å². The number of nitrogens with one attached hydrogen (secondary N) is 1. The van der Waals surface area contributed by atoms with E-state index in [-0.39, 0.29) is 0 Å². The van der Waals surface area contributed by atoms with Crippen molar-refractivity contribution in [3.05, 3.63) is 35.4 Å². The normalized spacial score (nSPS) is 16.4. The van der Waals surface area contributed by atoms with E-state index in [9.17, 15) is 0 Å². The molecule has 0 bridgehead atoms. The Morgan fingerprint density at radius 2 is 2.00 bits per heavy atom. The van der Waals surface area contributed by atoms with Gasteiger partial charge in [-0.1, -0.05) is 31.2 Å². The molecule has 1 unspecified atom stereocenters. The standard InChI is InChI=1S/C18H30N2S/c1-4-18(14-21-3)20(2)13-16-8-6-5-7-15(16)11-12-19-17-9-10-17/h5-8,17-19H,4,9-14H2,1-3H3. The third-order valence-corrected chi connectivity index (χ3v) is 5.11. The molecule has 0 radical (unpaired) electrons. The maximum Gasteiger partial charge on any atom is 0.0236 e. The van der Waals surface area contributed by atoms with Crippen LogP contribution in [0.3, 0.4) is 0 Å². The highest BCUT2D eigenvalue weighted by Gasteiger charge is 2.20. The number of benzene rings is 1. The minimum absolute atomic E-state index is 0.678. The summed E-state index contributed by atoms with van der Waals surface area (Å²) >= 11 is 1.95. The van der Waals surface area contributed by atoms with E-state index in [0.29, 0.717) is 6.04 Å². The summed E-state index contributed by atoms with van der Waals surface area (Å²) in [5, 5.41) is 3.62. The van der Waals surface area contributed by atoms with Gasteiger partial charge in [-0.05, 0) is 56.7 Å². The first-order chi connectivity index (χ1) is 10.2. The molecule has 1 aliphatic rings. The molecule has 1 saturated carbocycles. The largest absolute Gasteiger partial charge is 0.314 e. The van der Waals surface area contributed by atoms with Crippen molar-refractivity contribution in [3.8, 4) is 0 Å². The Hall–Kier alpha value is -0.510. The van der Waals surface area contributed by atoms with E-state index < -0.39 is 0 Å². The minimum Gasteiger partial charge on any atom is -0.314 e. The maximum absolute atomic E-state index is 3.62. The van der Waals surface area contributed by atoms with Gasteiger partial charge in [0.25, 0.3) is 0 Å². The van der Waals surface area contributed by atoms with E-state index >= 15 is 0 Å². The quantitative estimate of drug-likeness (QED) is 0.711. The predicted octanol–water partition coefficient (Wildman–Crippen LogP) is 3.55. The number of hydrogen-bond acceptors (Lipinski definition) is 3. The molecule has 1 aromatic rings. The highest BCUT2D eigenvalue weighted by molar-refractivity contribution is 7.98. The zero-order valence-corrected chi connectivity index (χ0v) is 14.6. The number of rotatable bonds is 10. The summed E-state index contributed by atoms with van der Waals surface area (Å²) in [6, 6.07) is 10.4. The molecule has 21 heavy (non-hydrogen) atoms. The Balaban J connectivity index is 1.90. The van der Waals surface area contributed by atoms with Crippen molar-refractivity contribution in [2.75, 3.05) is 25.6 Å². The zero-order chi connectivity index (χ0) is 15.1. The summed E-state index contributed by atoms with van der Waals surface area (Å²) in [5.74, 6) is 1.22. The first-order valence-corrected chi connectivity index (χ1v) is 9.63. The van der Waals surface area contributed by atoms with Crippen LogP contribution in [0.4, 0.5) is 0 Å². The molecule has 3 heteroatoms. The lowest BCUT2D eigenvalue weighted by Crippen LogP contribution is -2.33. The molecular formula is C18H30N2S. The van der Waals surface area contributed by atoms with Crippen molar-refractivity contribution >= 4 is 11.8 Å². The van der Waals surface area contributed by atoms with E-state index in [1.807, 2.05) is 11.8 Å². The molecule has 1 fully saturated rings. The van der Waals surface area contributed by atoms with Crippen LogP contribution in [0, 0.1) is 0 Å². The Morgan fingerprint density at radius 3 is 2.62 bits per heavy atom. The van der Waals surface area contributed by atoms with E-state index in [4.69, 9.17) is 0 Å². The number of thioether (sulfide) groups is 1. The molecule has 2 rings (SSSR count). The van der Waals surface area contributed by atoms with Crippen LogP contribution in [0.2, 0.25) is 0 Å². The fourth-order valence-electron chi connectivity index (χ4n) is 2.80. The summed E-state index contributed by atoms with van der Waals surface area (Å²) in [4.78, 5) is 2.52. The minimum atomic E-state index is 0.678. The molecule has 1 atom stereocenters. The molecular weight excluding hydrogens is 276 g/mol. The number of hydrogen-bond donors (Lipinski definition) is 1. The third kappa shape index (κ3) is 5.65. The monoisotopic (exact) mass is 306 g/mol. The molecule has 1 aromatic carbocycles. The predicted molar refractivity (Wildman–Crippen MR) is 95.1 cm³/mol. The Bertz CT molecular complexity index is 417. The SMILES string of the molecule is CCC(CSC)N(C)Cc1ccccc1CCNC1CC1. The van der Waals surface area contributed by atoms with Gasteiger partial charge in [0.1, 0.15) is 0 Å². The first kappa shape index (κ1) is 16.9. The van der Waals surface area contributed by atoms with Gasteiger partial charge in [-0.3, -0.25) is 4.90 Å². The average Bonchev–Trinajstić information content (AvgIpc) is 3.30. The van der Waals surface area contributed by atoms with Crippen molar-refractivity contribution < 1.29 is 0 Å². The summed E-state index contributed by atoms with van der Waals surface area (Å²) in [6.45, 7) is 4.48. The van der Waals surface area contributed by atoms with Crippen molar-refractivity contribution in [1.29, 1.82) is 0 Å². The van der Waals surface area contributed by atoms with Crippen molar-refractivity contribution in [3.63, 3.8) is 0 Å². The van der Waals surface area contributed by atoms with Crippen LogP contribution in [0.25, 0.3) is 0 Å². The Labute approximate surface area is 134 Å². The van der Waals surface area contributed by atoms with Gasteiger partial charge >= 0.3 is 0 Å². The van der Waals surface area contributed by atoms with Gasteiger partial charge < -0.3 is 5.32 Å². The fraction of sp³-hybridized carbons (Fsp3) is 0.667. The average molecular weight is 307 g/mol. The summed E-state index contributed by atoms with van der Waals surface area (Å²) in [5.41, 5.74) is 3.01. The molecule has 2 nitrogen and oxygen atoms in total. The van der Waals surface area contributed by atoms with Crippen LogP contribution >= 0.6 is 11.8 Å². The van der Waals surface area contributed by atoms with E-state index in [1.54, 1.807) is 0 Å². The lowest BCUT2D eigenvalue weighted by Gasteiger charge is -2.27. The van der Waals surface area contributed by atoms with Crippen LogP contribution in [0.1, 0.15) is 37.3 Å². The van der Waals surface area contributed by atoms with Gasteiger partial charge in [0.15, 0.2) is 0 Å². The lowest BCUT2D eigenvalue weighted by atomic mass is 10.0. The van der Waals surface area contributed by atoms with E-state index in [0.717, 1.165) is 25.6 Å². The lowest BCUT2D eigenvalue weighted by molar-refractivity contribution is 0.247. The van der Waals surface area contributed by atoms with Crippen molar-refractivity contribution in [1.82, 2.24) is 10.2 Å². The van der Waals surface area contributed by atoms with Crippen molar-refractivity contribution in [2.24, 2.45) is 0 Å². The van der Waals surface area contributed by atoms with Crippen LogP contribution in [0.15, 0.2) is 24.3 Å². The Morgan fingerprint density at radius 1 is 1.29 bits per heavy atom. The van der Waals surface area contributed by atoms with Gasteiger partial charge in [0.05, 0.1) is 0 Å². The van der Waals surface area contributed by atoms with E-state index in [2.05, 4.69) is 54.7 Å². The summed E-state index contributed by atoms with van der Waals surface area (Å²) in [6.07, 6.45) is 7.32. The second-order valence-electron chi connectivity index (χ2n) is 6.18. The molecule has 1 aliphatic carbocycles. The molecule has 0 heterocycles.